The van der Waals surface area contributed by atoms with E-state index in [4.69, 9.17) is 11.6 Å². The molecule has 2 aromatic carbocycles. The SMILES string of the molecule is CN(C)C(=O)Cn1c(Nc2c[nH]c3ccc(Cl)cc23)nc2cc(C(F)(F)F)ccc21. The second kappa shape index (κ2) is 7.24. The topological polar surface area (TPSA) is 66.0 Å². The summed E-state index contributed by atoms with van der Waals surface area (Å²) in [6, 6.07) is 8.60. The number of alkyl halides is 3. The van der Waals surface area contributed by atoms with Gasteiger partial charge in [-0.2, -0.15) is 13.2 Å². The van der Waals surface area contributed by atoms with Gasteiger partial charge in [0.05, 0.1) is 22.3 Å². The number of halogens is 4. The van der Waals surface area contributed by atoms with E-state index in [0.29, 0.717) is 16.2 Å². The molecule has 0 aliphatic heterocycles. The molecule has 0 aliphatic rings. The first-order valence-electron chi connectivity index (χ1n) is 8.95. The van der Waals surface area contributed by atoms with E-state index >= 15 is 0 Å². The van der Waals surface area contributed by atoms with Gasteiger partial charge in [0.25, 0.3) is 0 Å². The van der Waals surface area contributed by atoms with E-state index in [9.17, 15) is 18.0 Å². The number of nitrogens with zero attached hydrogens (tertiary/aromatic N) is 3. The molecule has 1 amide bonds. The Hall–Kier alpha value is -3.20. The van der Waals surface area contributed by atoms with Gasteiger partial charge in [-0.05, 0) is 36.4 Å². The van der Waals surface area contributed by atoms with Crippen LogP contribution in [0.15, 0.2) is 42.6 Å². The van der Waals surface area contributed by atoms with Crippen LogP contribution in [0.25, 0.3) is 21.9 Å². The van der Waals surface area contributed by atoms with Crippen LogP contribution in [0.5, 0.6) is 0 Å². The van der Waals surface area contributed by atoms with Crippen LogP contribution < -0.4 is 5.32 Å². The number of nitrogens with one attached hydrogen (secondary N) is 2. The van der Waals surface area contributed by atoms with E-state index in [1.165, 1.54) is 11.0 Å². The minimum absolute atomic E-state index is 0.0830. The molecule has 10 heteroatoms. The maximum Gasteiger partial charge on any atom is 0.416 e. The fourth-order valence-corrected chi connectivity index (χ4v) is 3.33. The van der Waals surface area contributed by atoms with Crippen LogP contribution in [0.2, 0.25) is 5.02 Å². The van der Waals surface area contributed by atoms with Crippen LogP contribution in [0.4, 0.5) is 24.8 Å². The Bertz CT molecular complexity index is 1260. The zero-order chi connectivity index (χ0) is 21.6. The molecule has 2 aromatic heterocycles. The summed E-state index contributed by atoms with van der Waals surface area (Å²) < 4.78 is 40.9. The molecule has 0 unspecified atom stereocenters. The summed E-state index contributed by atoms with van der Waals surface area (Å²) in [6.07, 6.45) is -2.78. The van der Waals surface area contributed by atoms with Gasteiger partial charge in [0, 0.05) is 36.2 Å². The van der Waals surface area contributed by atoms with Gasteiger partial charge in [-0.15, -0.1) is 0 Å². The van der Waals surface area contributed by atoms with Crippen LogP contribution in [-0.2, 0) is 17.5 Å². The highest BCUT2D eigenvalue weighted by atomic mass is 35.5. The van der Waals surface area contributed by atoms with E-state index in [1.54, 1.807) is 37.0 Å². The number of imidazole rings is 1. The third-order valence-electron chi connectivity index (χ3n) is 4.76. The number of aromatic amines is 1. The number of benzene rings is 2. The molecule has 0 saturated heterocycles. The van der Waals surface area contributed by atoms with Crippen LogP contribution >= 0.6 is 11.6 Å². The monoisotopic (exact) mass is 435 g/mol. The summed E-state index contributed by atoms with van der Waals surface area (Å²) in [5.74, 6) is 0.0274. The Morgan fingerprint density at radius 3 is 2.70 bits per heavy atom. The lowest BCUT2D eigenvalue weighted by Crippen LogP contribution is -2.26. The summed E-state index contributed by atoms with van der Waals surface area (Å²) in [6.45, 7) is -0.0830. The molecule has 2 heterocycles. The van der Waals surface area contributed by atoms with Gasteiger partial charge >= 0.3 is 6.18 Å². The van der Waals surface area contributed by atoms with E-state index in [0.717, 1.165) is 23.0 Å². The Kier molecular flexibility index (Phi) is 4.85. The summed E-state index contributed by atoms with van der Waals surface area (Å²) in [7, 11) is 3.22. The van der Waals surface area contributed by atoms with Gasteiger partial charge in [-0.1, -0.05) is 11.6 Å². The number of anilines is 2. The Morgan fingerprint density at radius 1 is 1.23 bits per heavy atom. The van der Waals surface area contributed by atoms with E-state index in [-0.39, 0.29) is 23.9 Å². The molecule has 0 aliphatic carbocycles. The maximum atomic E-state index is 13.1. The van der Waals surface area contributed by atoms with Crippen LogP contribution in [0.1, 0.15) is 5.56 Å². The number of fused-ring (bicyclic) bond motifs is 2. The van der Waals surface area contributed by atoms with Crippen LogP contribution in [0, 0.1) is 0 Å². The molecule has 0 radical (unpaired) electrons. The van der Waals surface area contributed by atoms with Crippen molar-refractivity contribution < 1.29 is 18.0 Å². The number of aromatic nitrogens is 3. The summed E-state index contributed by atoms with van der Waals surface area (Å²) in [5.41, 5.74) is 1.21. The fourth-order valence-electron chi connectivity index (χ4n) is 3.15. The van der Waals surface area contributed by atoms with Gasteiger partial charge in [0.15, 0.2) is 0 Å². The standard InChI is InChI=1S/C20H17ClF3N5O/c1-28(2)18(30)10-29-17-6-3-11(20(22,23)24)7-15(17)26-19(29)27-16-9-25-14-5-4-12(21)8-13(14)16/h3-9,25H,10H2,1-2H3,(H,26,27). The lowest BCUT2D eigenvalue weighted by molar-refractivity contribution is -0.137. The number of likely N-dealkylation sites (N-methyl/N-ethyl adjacent to an activating group) is 1. The normalized spacial score (nSPS) is 11.9. The van der Waals surface area contributed by atoms with Crippen LogP contribution in [0.3, 0.4) is 0 Å². The molecular weight excluding hydrogens is 419 g/mol. The van der Waals surface area contributed by atoms with E-state index < -0.39 is 11.7 Å². The van der Waals surface area contributed by atoms with Gasteiger partial charge < -0.3 is 19.8 Å². The first-order chi connectivity index (χ1) is 14.1. The fraction of sp³-hybridized carbons (Fsp3) is 0.200. The highest BCUT2D eigenvalue weighted by Crippen LogP contribution is 2.34. The molecule has 4 rings (SSSR count). The average Bonchev–Trinajstić information content (AvgIpc) is 3.22. The first kappa shape index (κ1) is 20.1. The van der Waals surface area contributed by atoms with Crippen molar-refractivity contribution in [3.05, 3.63) is 53.2 Å². The number of amides is 1. The first-order valence-corrected chi connectivity index (χ1v) is 9.32. The van der Waals surface area contributed by atoms with Gasteiger partial charge in [-0.3, -0.25) is 4.79 Å². The highest BCUT2D eigenvalue weighted by molar-refractivity contribution is 6.31. The minimum atomic E-state index is -4.49. The molecule has 6 nitrogen and oxygen atoms in total. The Labute approximate surface area is 174 Å². The molecule has 0 bridgehead atoms. The molecule has 0 fully saturated rings. The van der Waals surface area contributed by atoms with Crippen molar-refractivity contribution in [1.29, 1.82) is 0 Å². The molecule has 0 spiro atoms. The molecule has 2 N–H and O–H groups in total. The van der Waals surface area contributed by atoms with Crippen molar-refractivity contribution in [3.8, 4) is 0 Å². The average molecular weight is 436 g/mol. The van der Waals surface area contributed by atoms with Gasteiger partial charge in [-0.25, -0.2) is 4.98 Å². The largest absolute Gasteiger partial charge is 0.416 e. The summed E-state index contributed by atoms with van der Waals surface area (Å²) >= 11 is 6.09. The van der Waals surface area contributed by atoms with Gasteiger partial charge in [0.1, 0.15) is 6.54 Å². The zero-order valence-electron chi connectivity index (χ0n) is 16.0. The number of hydrogen-bond donors (Lipinski definition) is 2. The zero-order valence-corrected chi connectivity index (χ0v) is 16.8. The predicted molar refractivity (Wildman–Crippen MR) is 110 cm³/mol. The van der Waals surface area contributed by atoms with Gasteiger partial charge in [0.2, 0.25) is 11.9 Å². The Balaban J connectivity index is 1.83. The second-order valence-electron chi connectivity index (χ2n) is 7.03. The van der Waals surface area contributed by atoms with Crippen molar-refractivity contribution in [2.75, 3.05) is 19.4 Å². The molecular formula is C20H17ClF3N5O. The molecule has 30 heavy (non-hydrogen) atoms. The second-order valence-corrected chi connectivity index (χ2v) is 7.46. The highest BCUT2D eigenvalue weighted by Gasteiger charge is 2.31. The predicted octanol–water partition coefficient (Wildman–Crippen LogP) is 5.02. The minimum Gasteiger partial charge on any atom is -0.359 e. The van der Waals surface area contributed by atoms with E-state index in [1.807, 2.05) is 6.07 Å². The van der Waals surface area contributed by atoms with Crippen molar-refractivity contribution in [2.24, 2.45) is 0 Å². The van der Waals surface area contributed by atoms with Crippen molar-refractivity contribution in [2.45, 2.75) is 12.7 Å². The molecule has 4 aromatic rings. The third-order valence-corrected chi connectivity index (χ3v) is 4.99. The van der Waals surface area contributed by atoms with Crippen LogP contribution in [-0.4, -0.2) is 39.4 Å². The smallest absolute Gasteiger partial charge is 0.359 e. The van der Waals surface area contributed by atoms with Crippen molar-refractivity contribution in [1.82, 2.24) is 19.4 Å². The molecule has 0 saturated carbocycles. The number of hydrogen-bond acceptors (Lipinski definition) is 3. The number of carbonyl (C=O) groups excluding carboxylic acids is 1. The Morgan fingerprint density at radius 2 is 2.00 bits per heavy atom. The summed E-state index contributed by atoms with van der Waals surface area (Å²) in [5, 5.41) is 4.45. The number of H-pyrrole nitrogens is 1. The maximum absolute atomic E-state index is 13.1. The number of rotatable bonds is 4. The molecule has 0 atom stereocenters. The number of carbonyl (C=O) groups is 1. The third kappa shape index (κ3) is 3.68. The van der Waals surface area contributed by atoms with Crippen molar-refractivity contribution in [3.63, 3.8) is 0 Å². The summed E-state index contributed by atoms with van der Waals surface area (Å²) in [4.78, 5) is 21.2. The quantitative estimate of drug-likeness (QED) is 0.473. The lowest BCUT2D eigenvalue weighted by Gasteiger charge is -2.14. The lowest BCUT2D eigenvalue weighted by atomic mass is 10.2. The van der Waals surface area contributed by atoms with Crippen molar-refractivity contribution >= 4 is 51.1 Å². The van der Waals surface area contributed by atoms with E-state index in [2.05, 4.69) is 15.3 Å². The molecule has 156 valence electrons.